The van der Waals surface area contributed by atoms with Gasteiger partial charge < -0.3 is 25.4 Å². The first kappa shape index (κ1) is 18.3. The van der Waals surface area contributed by atoms with Gasteiger partial charge in [-0.15, -0.1) is 0 Å². The van der Waals surface area contributed by atoms with Crippen LogP contribution in [0.25, 0.3) is 0 Å². The van der Waals surface area contributed by atoms with E-state index >= 15 is 0 Å². The molecule has 0 aliphatic carbocycles. The number of hydrogen-bond acceptors (Lipinski definition) is 5. The van der Waals surface area contributed by atoms with Gasteiger partial charge in [0.1, 0.15) is 0 Å². The lowest BCUT2D eigenvalue weighted by molar-refractivity contribution is -0.124. The van der Waals surface area contributed by atoms with Crippen LogP contribution >= 0.6 is 0 Å². The first-order valence-corrected chi connectivity index (χ1v) is 6.69. The zero-order chi connectivity index (χ0) is 14.7. The van der Waals surface area contributed by atoms with Crippen molar-refractivity contribution in [2.75, 3.05) is 54.1 Å². The molecule has 0 heterocycles. The second kappa shape index (κ2) is 10.1. The fourth-order valence-electron chi connectivity index (χ4n) is 1.74. The molecule has 0 bridgehead atoms. The van der Waals surface area contributed by atoms with Gasteiger partial charge in [0.25, 0.3) is 0 Å². The quantitative estimate of drug-likeness (QED) is 0.483. The SMILES string of the molecule is CNC(C)(CCN(CCCOC)CCOC)C(N)=O. The van der Waals surface area contributed by atoms with Crippen LogP contribution in [0.5, 0.6) is 0 Å². The largest absolute Gasteiger partial charge is 0.385 e. The normalized spacial score (nSPS) is 14.6. The zero-order valence-corrected chi connectivity index (χ0v) is 12.7. The third kappa shape index (κ3) is 7.47. The van der Waals surface area contributed by atoms with E-state index in [-0.39, 0.29) is 5.91 Å². The number of amides is 1. The second-order valence-corrected chi connectivity index (χ2v) is 4.88. The van der Waals surface area contributed by atoms with E-state index in [1.807, 2.05) is 6.92 Å². The van der Waals surface area contributed by atoms with Crippen molar-refractivity contribution in [3.05, 3.63) is 0 Å². The minimum absolute atomic E-state index is 0.321. The van der Waals surface area contributed by atoms with E-state index in [9.17, 15) is 4.79 Å². The number of rotatable bonds is 12. The average molecular weight is 275 g/mol. The Hall–Kier alpha value is -0.690. The van der Waals surface area contributed by atoms with Crippen LogP contribution in [0.2, 0.25) is 0 Å². The van der Waals surface area contributed by atoms with E-state index in [4.69, 9.17) is 15.2 Å². The molecule has 0 radical (unpaired) electrons. The molecule has 19 heavy (non-hydrogen) atoms. The minimum atomic E-state index is -0.660. The molecule has 0 saturated heterocycles. The maximum Gasteiger partial charge on any atom is 0.237 e. The summed E-state index contributed by atoms with van der Waals surface area (Å²) in [5.41, 5.74) is 4.76. The first-order valence-electron chi connectivity index (χ1n) is 6.69. The van der Waals surface area contributed by atoms with E-state index in [0.717, 1.165) is 32.7 Å². The predicted octanol–water partition coefficient (Wildman–Crippen LogP) is -0.175. The van der Waals surface area contributed by atoms with Crippen LogP contribution in [0.3, 0.4) is 0 Å². The molecular formula is C13H29N3O3. The molecule has 1 amide bonds. The van der Waals surface area contributed by atoms with Gasteiger partial charge in [-0.2, -0.15) is 0 Å². The van der Waals surface area contributed by atoms with Crippen LogP contribution in [-0.2, 0) is 14.3 Å². The molecule has 0 aromatic heterocycles. The molecule has 0 aliphatic rings. The monoisotopic (exact) mass is 275 g/mol. The van der Waals surface area contributed by atoms with Gasteiger partial charge in [0.05, 0.1) is 12.1 Å². The molecule has 0 spiro atoms. The molecular weight excluding hydrogens is 246 g/mol. The summed E-state index contributed by atoms with van der Waals surface area (Å²) in [5, 5.41) is 3.00. The molecule has 6 heteroatoms. The molecule has 0 aromatic rings. The van der Waals surface area contributed by atoms with Gasteiger partial charge >= 0.3 is 0 Å². The van der Waals surface area contributed by atoms with Crippen molar-refractivity contribution in [1.82, 2.24) is 10.2 Å². The number of nitrogens with zero attached hydrogens (tertiary/aromatic N) is 1. The van der Waals surface area contributed by atoms with Crippen molar-refractivity contribution >= 4 is 5.91 Å². The third-order valence-corrected chi connectivity index (χ3v) is 3.46. The van der Waals surface area contributed by atoms with Crippen LogP contribution < -0.4 is 11.1 Å². The lowest BCUT2D eigenvalue weighted by Crippen LogP contribution is -2.53. The highest BCUT2D eigenvalue weighted by atomic mass is 16.5. The van der Waals surface area contributed by atoms with Gasteiger partial charge in [0.15, 0.2) is 0 Å². The summed E-state index contributed by atoms with van der Waals surface area (Å²) in [6.45, 7) is 5.82. The fraction of sp³-hybridized carbons (Fsp3) is 0.923. The molecule has 114 valence electrons. The lowest BCUT2D eigenvalue weighted by atomic mass is 9.97. The number of nitrogens with one attached hydrogen (secondary N) is 1. The van der Waals surface area contributed by atoms with Crippen molar-refractivity contribution < 1.29 is 14.3 Å². The van der Waals surface area contributed by atoms with Crippen molar-refractivity contribution in [2.24, 2.45) is 5.73 Å². The summed E-state index contributed by atoms with van der Waals surface area (Å²) < 4.78 is 10.2. The van der Waals surface area contributed by atoms with Crippen molar-refractivity contribution in [2.45, 2.75) is 25.3 Å². The van der Waals surface area contributed by atoms with Crippen LogP contribution in [0, 0.1) is 0 Å². The van der Waals surface area contributed by atoms with Crippen LogP contribution in [0.1, 0.15) is 19.8 Å². The molecule has 1 unspecified atom stereocenters. The molecule has 0 rings (SSSR count). The van der Waals surface area contributed by atoms with E-state index in [0.29, 0.717) is 13.0 Å². The first-order chi connectivity index (χ1) is 9.00. The van der Waals surface area contributed by atoms with Gasteiger partial charge in [-0.3, -0.25) is 4.79 Å². The Morgan fingerprint density at radius 3 is 2.32 bits per heavy atom. The Morgan fingerprint density at radius 2 is 1.84 bits per heavy atom. The number of likely N-dealkylation sites (N-methyl/N-ethyl adjacent to an activating group) is 1. The van der Waals surface area contributed by atoms with E-state index in [1.54, 1.807) is 21.3 Å². The third-order valence-electron chi connectivity index (χ3n) is 3.46. The van der Waals surface area contributed by atoms with Crippen molar-refractivity contribution in [3.63, 3.8) is 0 Å². The number of ether oxygens (including phenoxy) is 2. The minimum Gasteiger partial charge on any atom is -0.385 e. The smallest absolute Gasteiger partial charge is 0.237 e. The molecule has 0 aromatic carbocycles. The Bertz CT molecular complexity index is 251. The summed E-state index contributed by atoms with van der Waals surface area (Å²) in [4.78, 5) is 13.7. The van der Waals surface area contributed by atoms with Crippen molar-refractivity contribution in [3.8, 4) is 0 Å². The van der Waals surface area contributed by atoms with E-state index in [2.05, 4.69) is 10.2 Å². The van der Waals surface area contributed by atoms with Gasteiger partial charge in [0.2, 0.25) is 5.91 Å². The fourth-order valence-corrected chi connectivity index (χ4v) is 1.74. The molecule has 6 nitrogen and oxygen atoms in total. The van der Waals surface area contributed by atoms with E-state index in [1.165, 1.54) is 0 Å². The van der Waals surface area contributed by atoms with Gasteiger partial charge in [-0.05, 0) is 26.8 Å². The number of carbonyl (C=O) groups excluding carboxylic acids is 1. The number of methoxy groups -OCH3 is 2. The van der Waals surface area contributed by atoms with Crippen LogP contribution in [-0.4, -0.2) is 70.5 Å². The highest BCUT2D eigenvalue weighted by molar-refractivity contribution is 5.84. The highest BCUT2D eigenvalue weighted by Gasteiger charge is 2.29. The topological polar surface area (TPSA) is 76.8 Å². The lowest BCUT2D eigenvalue weighted by Gasteiger charge is -2.29. The van der Waals surface area contributed by atoms with Crippen molar-refractivity contribution in [1.29, 1.82) is 0 Å². The summed E-state index contributed by atoms with van der Waals surface area (Å²) in [6, 6.07) is 0. The Labute approximate surface area is 116 Å². The maximum absolute atomic E-state index is 11.4. The number of hydrogen-bond donors (Lipinski definition) is 2. The molecule has 0 aliphatic heterocycles. The molecule has 0 saturated carbocycles. The summed E-state index contributed by atoms with van der Waals surface area (Å²) >= 11 is 0. The summed E-state index contributed by atoms with van der Waals surface area (Å²) in [7, 11) is 5.15. The molecule has 3 N–H and O–H groups in total. The zero-order valence-electron chi connectivity index (χ0n) is 12.7. The number of primary amides is 1. The number of nitrogens with two attached hydrogens (primary N) is 1. The predicted molar refractivity (Wildman–Crippen MR) is 76.1 cm³/mol. The van der Waals surface area contributed by atoms with Crippen LogP contribution in [0.15, 0.2) is 0 Å². The Balaban J connectivity index is 4.25. The summed E-state index contributed by atoms with van der Waals surface area (Å²) in [5.74, 6) is -0.321. The molecule has 0 fully saturated rings. The highest BCUT2D eigenvalue weighted by Crippen LogP contribution is 2.09. The van der Waals surface area contributed by atoms with Gasteiger partial charge in [0, 0.05) is 40.5 Å². The Morgan fingerprint density at radius 1 is 1.21 bits per heavy atom. The number of carbonyl (C=O) groups is 1. The second-order valence-electron chi connectivity index (χ2n) is 4.88. The maximum atomic E-state index is 11.4. The van der Waals surface area contributed by atoms with Crippen LogP contribution in [0.4, 0.5) is 0 Å². The van der Waals surface area contributed by atoms with Gasteiger partial charge in [-0.1, -0.05) is 0 Å². The van der Waals surface area contributed by atoms with Gasteiger partial charge in [-0.25, -0.2) is 0 Å². The average Bonchev–Trinajstić information content (AvgIpc) is 2.40. The Kier molecular flexibility index (Phi) is 9.77. The standard InChI is InChI=1S/C13H29N3O3/c1-13(15-2,12(14)17)6-8-16(9-11-19-4)7-5-10-18-3/h15H,5-11H2,1-4H3,(H2,14,17). The molecule has 1 atom stereocenters. The summed E-state index contributed by atoms with van der Waals surface area (Å²) in [6.07, 6.45) is 1.64. The van der Waals surface area contributed by atoms with E-state index < -0.39 is 5.54 Å².